The van der Waals surface area contributed by atoms with Gasteiger partial charge in [0.05, 0.1) is 0 Å². The van der Waals surface area contributed by atoms with E-state index in [1.165, 1.54) is 31.3 Å². The molecule has 2 aromatic heterocycles. The summed E-state index contributed by atoms with van der Waals surface area (Å²) in [4.78, 5) is 7.20. The number of oxazole rings is 1. The van der Waals surface area contributed by atoms with Gasteiger partial charge in [-0.15, -0.1) is 11.3 Å². The van der Waals surface area contributed by atoms with Crippen molar-refractivity contribution in [2.45, 2.75) is 0 Å². The molecule has 0 aliphatic heterocycles. The van der Waals surface area contributed by atoms with Crippen LogP contribution in [0, 0.1) is 0 Å². The molecule has 0 saturated heterocycles. The quantitative estimate of drug-likeness (QED) is 0.198. The van der Waals surface area contributed by atoms with E-state index < -0.39 is 0 Å². The van der Waals surface area contributed by atoms with Gasteiger partial charge in [-0.05, 0) is 83.2 Å². The molecule has 0 spiro atoms. The summed E-state index contributed by atoms with van der Waals surface area (Å²) < 4.78 is 9.04. The Bertz CT molecular complexity index is 2500. The van der Waals surface area contributed by atoms with E-state index in [0.29, 0.717) is 5.89 Å². The largest absolute Gasteiger partial charge is 0.435 e. The Morgan fingerprint density at radius 3 is 1.96 bits per heavy atom. The van der Waals surface area contributed by atoms with Gasteiger partial charge < -0.3 is 9.32 Å². The molecule has 45 heavy (non-hydrogen) atoms. The Balaban J connectivity index is 1.26. The number of hydrogen-bond acceptors (Lipinski definition) is 4. The Kier molecular flexibility index (Phi) is 6.00. The normalized spacial score (nSPS) is 11.6. The van der Waals surface area contributed by atoms with Crippen LogP contribution in [0.25, 0.3) is 64.6 Å². The van der Waals surface area contributed by atoms with Crippen molar-refractivity contribution in [3.63, 3.8) is 0 Å². The summed E-state index contributed by atoms with van der Waals surface area (Å²) in [5, 5.41) is 4.70. The van der Waals surface area contributed by atoms with Gasteiger partial charge >= 0.3 is 0 Å². The van der Waals surface area contributed by atoms with Gasteiger partial charge in [-0.2, -0.15) is 0 Å². The van der Waals surface area contributed by atoms with Crippen LogP contribution in [-0.2, 0) is 0 Å². The van der Waals surface area contributed by atoms with Crippen LogP contribution in [0.2, 0.25) is 0 Å². The summed E-state index contributed by atoms with van der Waals surface area (Å²) >= 11 is 1.84. The Morgan fingerprint density at radius 1 is 0.467 bits per heavy atom. The summed E-state index contributed by atoms with van der Waals surface area (Å²) in [6.45, 7) is 0. The minimum Gasteiger partial charge on any atom is -0.435 e. The van der Waals surface area contributed by atoms with Crippen LogP contribution in [0.4, 0.5) is 17.1 Å². The SMILES string of the molecule is c1ccc(-c2cccc(N(c3ccc4sc5ccccc5c4c3)c3ccc4ccc5nc(-c6ccccc6)oc5c4c3)c2)cc1. The molecule has 0 fully saturated rings. The summed E-state index contributed by atoms with van der Waals surface area (Å²) in [6, 6.07) is 55.7. The van der Waals surface area contributed by atoms with Gasteiger partial charge in [-0.3, -0.25) is 0 Å². The van der Waals surface area contributed by atoms with Crippen LogP contribution in [0.3, 0.4) is 0 Å². The molecule has 212 valence electrons. The molecule has 0 atom stereocenters. The first-order valence-corrected chi connectivity index (χ1v) is 15.9. The highest BCUT2D eigenvalue weighted by molar-refractivity contribution is 7.25. The maximum Gasteiger partial charge on any atom is 0.227 e. The lowest BCUT2D eigenvalue weighted by molar-refractivity contribution is 0.623. The lowest BCUT2D eigenvalue weighted by atomic mass is 10.0. The molecule has 4 heteroatoms. The van der Waals surface area contributed by atoms with Gasteiger partial charge in [0.1, 0.15) is 5.52 Å². The maximum atomic E-state index is 6.46. The fourth-order valence-electron chi connectivity index (χ4n) is 6.29. The first-order chi connectivity index (χ1) is 22.3. The second-order valence-electron chi connectivity index (χ2n) is 11.2. The monoisotopic (exact) mass is 594 g/mol. The van der Waals surface area contributed by atoms with Crippen molar-refractivity contribution < 1.29 is 4.42 Å². The van der Waals surface area contributed by atoms with E-state index in [1.54, 1.807) is 0 Å². The molecule has 3 nitrogen and oxygen atoms in total. The Morgan fingerprint density at radius 2 is 1.11 bits per heavy atom. The van der Waals surface area contributed by atoms with E-state index >= 15 is 0 Å². The van der Waals surface area contributed by atoms with Gasteiger partial charge in [0.15, 0.2) is 5.58 Å². The highest BCUT2D eigenvalue weighted by Crippen LogP contribution is 2.42. The van der Waals surface area contributed by atoms with Crippen molar-refractivity contribution in [2.24, 2.45) is 0 Å². The van der Waals surface area contributed by atoms with Gasteiger partial charge in [0, 0.05) is 48.2 Å². The number of hydrogen-bond donors (Lipinski definition) is 0. The van der Waals surface area contributed by atoms with Crippen molar-refractivity contribution in [3.8, 4) is 22.6 Å². The van der Waals surface area contributed by atoms with Gasteiger partial charge in [0.2, 0.25) is 5.89 Å². The topological polar surface area (TPSA) is 29.3 Å². The second kappa shape index (κ2) is 10.5. The molecule has 2 heterocycles. The lowest BCUT2D eigenvalue weighted by Crippen LogP contribution is -2.10. The van der Waals surface area contributed by atoms with Gasteiger partial charge in [-0.25, -0.2) is 4.98 Å². The smallest absolute Gasteiger partial charge is 0.227 e. The van der Waals surface area contributed by atoms with Gasteiger partial charge in [-0.1, -0.05) is 91.0 Å². The number of rotatable bonds is 5. The van der Waals surface area contributed by atoms with Crippen molar-refractivity contribution in [1.82, 2.24) is 4.98 Å². The van der Waals surface area contributed by atoms with E-state index in [0.717, 1.165) is 44.5 Å². The third kappa shape index (κ3) is 4.46. The van der Waals surface area contributed by atoms with Crippen LogP contribution in [-0.4, -0.2) is 4.98 Å². The molecule has 0 N–H and O–H groups in total. The molecule has 9 aromatic rings. The molecular weight excluding hydrogens is 569 g/mol. The van der Waals surface area contributed by atoms with Crippen molar-refractivity contribution in [3.05, 3.63) is 158 Å². The zero-order valence-electron chi connectivity index (χ0n) is 24.2. The van der Waals surface area contributed by atoms with E-state index in [1.807, 2.05) is 47.7 Å². The number of nitrogens with zero attached hydrogens (tertiary/aromatic N) is 2. The van der Waals surface area contributed by atoms with Crippen molar-refractivity contribution in [1.29, 1.82) is 0 Å². The lowest BCUT2D eigenvalue weighted by Gasteiger charge is -2.26. The third-order valence-corrected chi connectivity index (χ3v) is 9.62. The molecule has 0 bridgehead atoms. The highest BCUT2D eigenvalue weighted by atomic mass is 32.1. The summed E-state index contributed by atoms with van der Waals surface area (Å²) in [7, 11) is 0. The van der Waals surface area contributed by atoms with E-state index in [9.17, 15) is 0 Å². The van der Waals surface area contributed by atoms with E-state index in [4.69, 9.17) is 9.40 Å². The maximum absolute atomic E-state index is 6.46. The number of aromatic nitrogens is 1. The van der Waals surface area contributed by atoms with E-state index in [2.05, 4.69) is 126 Å². The predicted octanol–water partition coefficient (Wildman–Crippen LogP) is 12.2. The predicted molar refractivity (Wildman–Crippen MR) is 190 cm³/mol. The van der Waals surface area contributed by atoms with Crippen LogP contribution >= 0.6 is 11.3 Å². The fourth-order valence-corrected chi connectivity index (χ4v) is 7.38. The van der Waals surface area contributed by atoms with Crippen LogP contribution in [0.5, 0.6) is 0 Å². The van der Waals surface area contributed by atoms with E-state index in [-0.39, 0.29) is 0 Å². The van der Waals surface area contributed by atoms with Crippen LogP contribution < -0.4 is 4.90 Å². The second-order valence-corrected chi connectivity index (χ2v) is 12.3. The zero-order chi connectivity index (χ0) is 29.7. The number of anilines is 3. The minimum atomic E-state index is 0.630. The molecule has 9 rings (SSSR count). The average Bonchev–Trinajstić information content (AvgIpc) is 3.72. The number of fused-ring (bicyclic) bond motifs is 6. The average molecular weight is 595 g/mol. The van der Waals surface area contributed by atoms with Gasteiger partial charge in [0.25, 0.3) is 0 Å². The molecule has 0 amide bonds. The number of thiophene rings is 1. The third-order valence-electron chi connectivity index (χ3n) is 8.46. The minimum absolute atomic E-state index is 0.630. The van der Waals surface area contributed by atoms with Crippen LogP contribution in [0.1, 0.15) is 0 Å². The summed E-state index contributed by atoms with van der Waals surface area (Å²) in [6.07, 6.45) is 0. The summed E-state index contributed by atoms with van der Waals surface area (Å²) in [5.41, 5.74) is 8.22. The molecule has 0 aliphatic carbocycles. The molecular formula is C41H26N2OS. The Labute approximate surface area is 264 Å². The molecule has 0 saturated carbocycles. The standard InChI is InChI=1S/C41H26N2OS/c1-3-10-27(11-4-1)30-14-9-15-31(24-30)43(33-21-23-39-36(26-33)34-16-7-8-17-38(34)45-39)32-20-18-28-19-22-37-40(35(28)25-32)44-41(42-37)29-12-5-2-6-13-29/h1-26H. The first-order valence-electron chi connectivity index (χ1n) is 15.0. The Hall–Kier alpha value is -5.71. The van der Waals surface area contributed by atoms with Crippen LogP contribution in [0.15, 0.2) is 162 Å². The molecule has 0 aliphatic rings. The first kappa shape index (κ1) is 25.8. The molecule has 7 aromatic carbocycles. The summed E-state index contributed by atoms with van der Waals surface area (Å²) in [5.74, 6) is 0.630. The number of benzene rings is 7. The zero-order valence-corrected chi connectivity index (χ0v) is 25.0. The highest BCUT2D eigenvalue weighted by Gasteiger charge is 2.18. The fraction of sp³-hybridized carbons (Fsp3) is 0. The van der Waals surface area contributed by atoms with Crippen molar-refractivity contribution >= 4 is 70.4 Å². The molecule has 0 unspecified atom stereocenters. The van der Waals surface area contributed by atoms with Crippen molar-refractivity contribution in [2.75, 3.05) is 4.90 Å². The molecule has 0 radical (unpaired) electrons.